The fourth-order valence-corrected chi connectivity index (χ4v) is 1.55. The molecule has 0 radical (unpaired) electrons. The summed E-state index contributed by atoms with van der Waals surface area (Å²) in [5.41, 5.74) is 2.61. The van der Waals surface area contributed by atoms with Crippen LogP contribution in [0.2, 0.25) is 0 Å². The molecule has 1 aromatic carbocycles. The third kappa shape index (κ3) is 2.18. The zero-order valence-electron chi connectivity index (χ0n) is 8.17. The van der Waals surface area contributed by atoms with Gasteiger partial charge in [-0.1, -0.05) is 15.9 Å². The molecule has 4 nitrogen and oxygen atoms in total. The number of H-pyrrole nitrogens is 1. The second kappa shape index (κ2) is 4.02. The number of alkyl halides is 1. The highest BCUT2D eigenvalue weighted by molar-refractivity contribution is 9.09. The van der Waals surface area contributed by atoms with Gasteiger partial charge in [-0.05, 0) is 25.1 Å². The molecule has 2 N–H and O–H groups in total. The van der Waals surface area contributed by atoms with E-state index in [-0.39, 0.29) is 5.91 Å². The molecule has 78 valence electrons. The van der Waals surface area contributed by atoms with Crippen LogP contribution in [-0.2, 0) is 4.79 Å². The number of carbonyl (C=O) groups is 1. The maximum atomic E-state index is 11.1. The maximum absolute atomic E-state index is 11.1. The fraction of sp³-hybridized carbons (Fsp3) is 0.200. The van der Waals surface area contributed by atoms with E-state index in [2.05, 4.69) is 31.2 Å². The van der Waals surface area contributed by atoms with Gasteiger partial charge in [0.2, 0.25) is 5.91 Å². The number of imidazole rings is 1. The van der Waals surface area contributed by atoms with Crippen LogP contribution in [-0.4, -0.2) is 21.2 Å². The molecule has 0 aliphatic heterocycles. The molecular weight excluding hydrogens is 258 g/mol. The predicted molar refractivity (Wildman–Crippen MR) is 63.3 cm³/mol. The number of nitrogens with zero attached hydrogens (tertiary/aromatic N) is 1. The molecule has 5 heteroatoms. The number of rotatable bonds is 2. The van der Waals surface area contributed by atoms with Crippen LogP contribution in [0.25, 0.3) is 11.0 Å². The molecule has 2 rings (SSSR count). The molecule has 1 aromatic heterocycles. The molecule has 0 saturated heterocycles. The van der Waals surface area contributed by atoms with E-state index in [0.29, 0.717) is 5.33 Å². The molecule has 0 bridgehead atoms. The number of aromatic amines is 1. The van der Waals surface area contributed by atoms with E-state index in [9.17, 15) is 4.79 Å². The molecule has 15 heavy (non-hydrogen) atoms. The minimum atomic E-state index is -0.0643. The van der Waals surface area contributed by atoms with Gasteiger partial charge in [0, 0.05) is 5.69 Å². The van der Waals surface area contributed by atoms with Crippen molar-refractivity contribution in [3.63, 3.8) is 0 Å². The second-order valence-electron chi connectivity index (χ2n) is 3.24. The number of halogens is 1. The lowest BCUT2D eigenvalue weighted by Crippen LogP contribution is -2.11. The number of hydrogen-bond acceptors (Lipinski definition) is 2. The highest BCUT2D eigenvalue weighted by Gasteiger charge is 2.03. The number of fused-ring (bicyclic) bond motifs is 1. The number of anilines is 1. The first-order valence-electron chi connectivity index (χ1n) is 4.51. The Hall–Kier alpha value is -1.36. The number of benzene rings is 1. The zero-order valence-corrected chi connectivity index (χ0v) is 9.76. The summed E-state index contributed by atoms with van der Waals surface area (Å²) in [5.74, 6) is 0.805. The van der Waals surface area contributed by atoms with Crippen LogP contribution in [0, 0.1) is 6.92 Å². The Kier molecular flexibility index (Phi) is 2.73. The van der Waals surface area contributed by atoms with Crippen molar-refractivity contribution in [1.82, 2.24) is 9.97 Å². The van der Waals surface area contributed by atoms with Gasteiger partial charge >= 0.3 is 0 Å². The third-order valence-electron chi connectivity index (χ3n) is 2.01. The highest BCUT2D eigenvalue weighted by atomic mass is 79.9. The number of amides is 1. The second-order valence-corrected chi connectivity index (χ2v) is 3.80. The number of aryl methyl sites for hydroxylation is 1. The summed E-state index contributed by atoms with van der Waals surface area (Å²) in [4.78, 5) is 18.5. The van der Waals surface area contributed by atoms with Crippen LogP contribution in [0.15, 0.2) is 18.2 Å². The summed E-state index contributed by atoms with van der Waals surface area (Å²) in [5, 5.41) is 3.06. The van der Waals surface area contributed by atoms with Gasteiger partial charge in [-0.2, -0.15) is 0 Å². The quantitative estimate of drug-likeness (QED) is 0.820. The number of nitrogens with one attached hydrogen (secondary N) is 2. The van der Waals surface area contributed by atoms with Gasteiger partial charge in [0.1, 0.15) is 5.82 Å². The summed E-state index contributed by atoms with van der Waals surface area (Å²) in [6.07, 6.45) is 0. The van der Waals surface area contributed by atoms with E-state index in [1.54, 1.807) is 0 Å². The zero-order chi connectivity index (χ0) is 10.8. The van der Waals surface area contributed by atoms with Crippen molar-refractivity contribution in [2.24, 2.45) is 0 Å². The van der Waals surface area contributed by atoms with Gasteiger partial charge in [-0.25, -0.2) is 4.98 Å². The van der Waals surface area contributed by atoms with Gasteiger partial charge in [0.05, 0.1) is 16.4 Å². The predicted octanol–water partition coefficient (Wildman–Crippen LogP) is 2.20. The van der Waals surface area contributed by atoms with Gasteiger partial charge in [-0.15, -0.1) is 0 Å². The third-order valence-corrected chi connectivity index (χ3v) is 2.51. The summed E-state index contributed by atoms with van der Waals surface area (Å²) in [6, 6.07) is 5.59. The van der Waals surface area contributed by atoms with Crippen LogP contribution in [0.1, 0.15) is 5.82 Å². The Morgan fingerprint density at radius 1 is 1.60 bits per heavy atom. The first kappa shape index (κ1) is 10.2. The average Bonchev–Trinajstić information content (AvgIpc) is 2.57. The van der Waals surface area contributed by atoms with E-state index < -0.39 is 0 Å². The van der Waals surface area contributed by atoms with E-state index >= 15 is 0 Å². The molecule has 2 aromatic rings. The monoisotopic (exact) mass is 267 g/mol. The molecule has 0 atom stereocenters. The van der Waals surface area contributed by atoms with Crippen molar-refractivity contribution < 1.29 is 4.79 Å². The molecule has 0 fully saturated rings. The van der Waals surface area contributed by atoms with Crippen molar-refractivity contribution in [2.75, 3.05) is 10.6 Å². The van der Waals surface area contributed by atoms with Crippen molar-refractivity contribution in [3.05, 3.63) is 24.0 Å². The van der Waals surface area contributed by atoms with Gasteiger partial charge in [0.15, 0.2) is 0 Å². The van der Waals surface area contributed by atoms with Crippen LogP contribution in [0.4, 0.5) is 5.69 Å². The van der Waals surface area contributed by atoms with E-state index in [1.165, 1.54) is 0 Å². The molecule has 0 saturated carbocycles. The lowest BCUT2D eigenvalue weighted by molar-refractivity contribution is -0.113. The molecule has 0 aliphatic carbocycles. The highest BCUT2D eigenvalue weighted by Crippen LogP contribution is 2.16. The standard InChI is InChI=1S/C10H10BrN3O/c1-6-12-8-3-2-7(4-9(8)13-6)14-10(15)5-11/h2-4H,5H2,1H3,(H,12,13)(H,14,15). The number of hydrogen-bond donors (Lipinski definition) is 2. The number of carbonyl (C=O) groups excluding carboxylic acids is 1. The number of aromatic nitrogens is 2. The molecule has 0 aliphatic rings. The van der Waals surface area contributed by atoms with Crippen LogP contribution in [0.5, 0.6) is 0 Å². The molecule has 1 heterocycles. The van der Waals surface area contributed by atoms with Crippen LogP contribution < -0.4 is 5.32 Å². The smallest absolute Gasteiger partial charge is 0.235 e. The molecule has 0 spiro atoms. The largest absolute Gasteiger partial charge is 0.342 e. The first-order valence-corrected chi connectivity index (χ1v) is 5.63. The summed E-state index contributed by atoms with van der Waals surface area (Å²) < 4.78 is 0. The Morgan fingerprint density at radius 3 is 3.13 bits per heavy atom. The lowest BCUT2D eigenvalue weighted by atomic mass is 10.3. The van der Waals surface area contributed by atoms with E-state index in [1.807, 2.05) is 25.1 Å². The van der Waals surface area contributed by atoms with Crippen LogP contribution >= 0.6 is 15.9 Å². The fourth-order valence-electron chi connectivity index (χ4n) is 1.41. The van der Waals surface area contributed by atoms with Gasteiger partial charge < -0.3 is 10.3 Å². The Balaban J connectivity index is 2.33. The van der Waals surface area contributed by atoms with Gasteiger partial charge in [-0.3, -0.25) is 4.79 Å². The Labute approximate surface area is 95.2 Å². The molecular formula is C10H10BrN3O. The molecule has 0 unspecified atom stereocenters. The van der Waals surface area contributed by atoms with Crippen LogP contribution in [0.3, 0.4) is 0 Å². The first-order chi connectivity index (χ1) is 7.19. The van der Waals surface area contributed by atoms with E-state index in [0.717, 1.165) is 22.5 Å². The normalized spacial score (nSPS) is 10.5. The van der Waals surface area contributed by atoms with Gasteiger partial charge in [0.25, 0.3) is 0 Å². The van der Waals surface area contributed by atoms with E-state index in [4.69, 9.17) is 0 Å². The summed E-state index contributed by atoms with van der Waals surface area (Å²) >= 11 is 3.09. The summed E-state index contributed by atoms with van der Waals surface area (Å²) in [7, 11) is 0. The topological polar surface area (TPSA) is 57.8 Å². The molecule has 1 amide bonds. The van der Waals surface area contributed by atoms with Crippen molar-refractivity contribution in [2.45, 2.75) is 6.92 Å². The Morgan fingerprint density at radius 2 is 2.40 bits per heavy atom. The SMILES string of the molecule is Cc1nc2ccc(NC(=O)CBr)cc2[nH]1. The minimum absolute atomic E-state index is 0.0643. The Bertz CT molecular complexity index is 506. The van der Waals surface area contributed by atoms with Crippen molar-refractivity contribution in [3.8, 4) is 0 Å². The lowest BCUT2D eigenvalue weighted by Gasteiger charge is -2.01. The van der Waals surface area contributed by atoms with Crippen molar-refractivity contribution in [1.29, 1.82) is 0 Å². The average molecular weight is 268 g/mol. The maximum Gasteiger partial charge on any atom is 0.235 e. The van der Waals surface area contributed by atoms with Crippen molar-refractivity contribution >= 4 is 38.6 Å². The summed E-state index contributed by atoms with van der Waals surface area (Å²) in [6.45, 7) is 1.90. The minimum Gasteiger partial charge on any atom is -0.342 e.